The van der Waals surface area contributed by atoms with Gasteiger partial charge in [0.1, 0.15) is 0 Å². The zero-order valence-corrected chi connectivity index (χ0v) is 14.7. The molecule has 0 saturated carbocycles. The Hall–Kier alpha value is -2.00. The third-order valence-electron chi connectivity index (χ3n) is 4.76. The number of piperidine rings is 2. The van der Waals surface area contributed by atoms with E-state index in [0.717, 1.165) is 4.90 Å². The first-order valence-electron chi connectivity index (χ1n) is 8.80. The van der Waals surface area contributed by atoms with Gasteiger partial charge in [-0.2, -0.15) is 13.2 Å². The highest BCUT2D eigenvalue weighted by Gasteiger charge is 2.43. The lowest BCUT2D eigenvalue weighted by Gasteiger charge is -2.34. The van der Waals surface area contributed by atoms with E-state index in [9.17, 15) is 27.6 Å². The Morgan fingerprint density at radius 2 is 1.54 bits per heavy atom. The van der Waals surface area contributed by atoms with Gasteiger partial charge in [-0.15, -0.1) is 0 Å². The molecule has 26 heavy (non-hydrogen) atoms. The molecule has 0 unspecified atom stereocenters. The number of carbonyl (C=O) groups is 3. The van der Waals surface area contributed by atoms with Gasteiger partial charge in [0.2, 0.25) is 5.91 Å². The van der Waals surface area contributed by atoms with Crippen LogP contribution in [0.2, 0.25) is 0 Å². The maximum absolute atomic E-state index is 12.4. The van der Waals surface area contributed by atoms with Gasteiger partial charge in [-0.3, -0.25) is 9.59 Å². The number of ether oxygens (including phenoxy) is 1. The molecule has 2 aliphatic heterocycles. The highest BCUT2D eigenvalue weighted by atomic mass is 19.4. The molecule has 0 aromatic rings. The van der Waals surface area contributed by atoms with Crippen LogP contribution in [0, 0.1) is 5.92 Å². The van der Waals surface area contributed by atoms with Gasteiger partial charge in [-0.05, 0) is 32.6 Å². The SMILES string of the molecule is CCOC(=O)N1CCC(NC(=O)C2CCN(C(=O)C(F)(F)F)CC2)CC1. The largest absolute Gasteiger partial charge is 0.471 e. The van der Waals surface area contributed by atoms with Crippen molar-refractivity contribution in [3.05, 3.63) is 0 Å². The van der Waals surface area contributed by atoms with Crippen LogP contribution in [0.25, 0.3) is 0 Å². The summed E-state index contributed by atoms with van der Waals surface area (Å²) in [4.78, 5) is 37.5. The molecular weight excluding hydrogens is 355 g/mol. The molecule has 2 aliphatic rings. The van der Waals surface area contributed by atoms with E-state index in [2.05, 4.69) is 5.32 Å². The van der Waals surface area contributed by atoms with Gasteiger partial charge in [-0.1, -0.05) is 0 Å². The molecule has 3 amide bonds. The molecule has 2 saturated heterocycles. The van der Waals surface area contributed by atoms with E-state index in [1.165, 1.54) is 0 Å². The number of likely N-dealkylation sites (tertiary alicyclic amines) is 2. The Balaban J connectivity index is 1.73. The maximum Gasteiger partial charge on any atom is 0.471 e. The summed E-state index contributed by atoms with van der Waals surface area (Å²) < 4.78 is 42.2. The Morgan fingerprint density at radius 1 is 1.00 bits per heavy atom. The standard InChI is InChI=1S/C16H24F3N3O4/c1-2-26-15(25)22-9-5-12(6-10-22)20-13(23)11-3-7-21(8-4-11)14(24)16(17,18)19/h11-12H,2-10H2,1H3,(H,20,23). The second-order valence-electron chi connectivity index (χ2n) is 6.53. The number of hydrogen-bond acceptors (Lipinski definition) is 4. The summed E-state index contributed by atoms with van der Waals surface area (Å²) in [5, 5.41) is 2.91. The minimum absolute atomic E-state index is 0.0667. The van der Waals surface area contributed by atoms with Crippen molar-refractivity contribution in [3.8, 4) is 0 Å². The monoisotopic (exact) mass is 379 g/mol. The van der Waals surface area contributed by atoms with Gasteiger partial charge in [-0.25, -0.2) is 4.79 Å². The number of halogens is 3. The fraction of sp³-hybridized carbons (Fsp3) is 0.812. The summed E-state index contributed by atoms with van der Waals surface area (Å²) in [6.07, 6.45) is -3.59. The van der Waals surface area contributed by atoms with Crippen molar-refractivity contribution in [3.63, 3.8) is 0 Å². The fourth-order valence-corrected chi connectivity index (χ4v) is 3.26. The lowest BCUT2D eigenvalue weighted by molar-refractivity contribution is -0.186. The predicted octanol–water partition coefficient (Wildman–Crippen LogP) is 1.52. The summed E-state index contributed by atoms with van der Waals surface area (Å²) in [5.41, 5.74) is 0. The van der Waals surface area contributed by atoms with Crippen LogP contribution in [0.15, 0.2) is 0 Å². The van der Waals surface area contributed by atoms with Crippen molar-refractivity contribution in [2.24, 2.45) is 5.92 Å². The molecule has 0 bridgehead atoms. The smallest absolute Gasteiger partial charge is 0.450 e. The Kier molecular flexibility index (Phi) is 6.71. The van der Waals surface area contributed by atoms with E-state index < -0.39 is 18.0 Å². The molecule has 0 atom stereocenters. The van der Waals surface area contributed by atoms with Crippen molar-refractivity contribution in [1.29, 1.82) is 0 Å². The van der Waals surface area contributed by atoms with Crippen LogP contribution in [0.1, 0.15) is 32.6 Å². The van der Waals surface area contributed by atoms with Crippen LogP contribution in [0.5, 0.6) is 0 Å². The number of carbonyl (C=O) groups excluding carboxylic acids is 3. The molecule has 2 rings (SSSR count). The molecular formula is C16H24F3N3O4. The number of nitrogens with zero attached hydrogens (tertiary/aromatic N) is 2. The number of nitrogens with one attached hydrogen (secondary N) is 1. The average Bonchev–Trinajstić information content (AvgIpc) is 2.61. The maximum atomic E-state index is 12.4. The van der Waals surface area contributed by atoms with Crippen molar-refractivity contribution < 1.29 is 32.3 Å². The van der Waals surface area contributed by atoms with Crippen LogP contribution >= 0.6 is 0 Å². The Morgan fingerprint density at radius 3 is 2.04 bits per heavy atom. The Labute approximate surface area is 149 Å². The van der Waals surface area contributed by atoms with Gasteiger partial charge in [0.15, 0.2) is 0 Å². The second-order valence-corrected chi connectivity index (χ2v) is 6.53. The topological polar surface area (TPSA) is 79.0 Å². The van der Waals surface area contributed by atoms with Gasteiger partial charge in [0.05, 0.1) is 6.61 Å². The van der Waals surface area contributed by atoms with E-state index in [1.807, 2.05) is 0 Å². The number of hydrogen-bond donors (Lipinski definition) is 1. The minimum atomic E-state index is -4.87. The summed E-state index contributed by atoms with van der Waals surface area (Å²) in [7, 11) is 0. The van der Waals surface area contributed by atoms with E-state index in [4.69, 9.17) is 4.74 Å². The highest BCUT2D eigenvalue weighted by molar-refractivity contribution is 5.83. The lowest BCUT2D eigenvalue weighted by atomic mass is 9.94. The minimum Gasteiger partial charge on any atom is -0.450 e. The van der Waals surface area contributed by atoms with E-state index in [-0.39, 0.29) is 44.0 Å². The van der Waals surface area contributed by atoms with Crippen LogP contribution in [0.3, 0.4) is 0 Å². The first kappa shape index (κ1) is 20.3. The molecule has 2 fully saturated rings. The molecule has 7 nitrogen and oxygen atoms in total. The molecule has 0 spiro atoms. The molecule has 0 aliphatic carbocycles. The molecule has 10 heteroatoms. The van der Waals surface area contributed by atoms with Crippen molar-refractivity contribution >= 4 is 17.9 Å². The van der Waals surface area contributed by atoms with Gasteiger partial charge in [0.25, 0.3) is 0 Å². The summed E-state index contributed by atoms with van der Waals surface area (Å²) in [6, 6.07) is -0.0667. The fourth-order valence-electron chi connectivity index (χ4n) is 3.26. The summed E-state index contributed by atoms with van der Waals surface area (Å²) in [5.74, 6) is -2.43. The van der Waals surface area contributed by atoms with Gasteiger partial charge < -0.3 is 19.9 Å². The molecule has 2 heterocycles. The number of rotatable bonds is 3. The van der Waals surface area contributed by atoms with Crippen molar-refractivity contribution in [2.45, 2.75) is 44.8 Å². The van der Waals surface area contributed by atoms with E-state index >= 15 is 0 Å². The first-order chi connectivity index (χ1) is 12.2. The van der Waals surface area contributed by atoms with Crippen LogP contribution in [0.4, 0.5) is 18.0 Å². The van der Waals surface area contributed by atoms with Crippen molar-refractivity contribution in [2.75, 3.05) is 32.8 Å². The second kappa shape index (κ2) is 8.59. The third-order valence-corrected chi connectivity index (χ3v) is 4.76. The normalized spacial score (nSPS) is 20.0. The molecule has 0 radical (unpaired) electrons. The highest BCUT2D eigenvalue weighted by Crippen LogP contribution is 2.24. The van der Waals surface area contributed by atoms with Crippen LogP contribution in [-0.2, 0) is 14.3 Å². The van der Waals surface area contributed by atoms with Crippen LogP contribution < -0.4 is 5.32 Å². The average molecular weight is 379 g/mol. The van der Waals surface area contributed by atoms with Gasteiger partial charge in [0, 0.05) is 38.1 Å². The molecule has 148 valence electrons. The zero-order valence-electron chi connectivity index (χ0n) is 14.7. The summed E-state index contributed by atoms with van der Waals surface area (Å²) >= 11 is 0. The predicted molar refractivity (Wildman–Crippen MR) is 85.1 cm³/mol. The van der Waals surface area contributed by atoms with Crippen molar-refractivity contribution in [1.82, 2.24) is 15.1 Å². The van der Waals surface area contributed by atoms with Gasteiger partial charge >= 0.3 is 18.2 Å². The first-order valence-corrected chi connectivity index (χ1v) is 8.80. The number of amides is 3. The quantitative estimate of drug-likeness (QED) is 0.807. The molecule has 1 N–H and O–H groups in total. The lowest BCUT2D eigenvalue weighted by Crippen LogP contribution is -2.50. The molecule has 0 aromatic carbocycles. The Bertz CT molecular complexity index is 525. The third kappa shape index (κ3) is 5.25. The molecule has 0 aromatic heterocycles. The van der Waals surface area contributed by atoms with E-state index in [1.54, 1.807) is 11.8 Å². The summed E-state index contributed by atoms with van der Waals surface area (Å²) in [6.45, 7) is 2.88. The van der Waals surface area contributed by atoms with E-state index in [0.29, 0.717) is 32.5 Å². The zero-order chi connectivity index (χ0) is 19.3. The number of alkyl halides is 3. The van der Waals surface area contributed by atoms with Crippen LogP contribution in [-0.4, -0.2) is 72.7 Å².